The lowest BCUT2D eigenvalue weighted by atomic mass is 9.48. The van der Waals surface area contributed by atoms with Crippen molar-refractivity contribution in [3.63, 3.8) is 0 Å². The zero-order chi connectivity index (χ0) is 16.5. The number of hydrogen-bond acceptors (Lipinski definition) is 4. The third kappa shape index (κ3) is 1.54. The molecule has 8 atom stereocenters. The summed E-state index contributed by atoms with van der Waals surface area (Å²) in [5, 5.41) is 0. The molecule has 0 amide bonds. The van der Waals surface area contributed by atoms with Gasteiger partial charge in [-0.2, -0.15) is 0 Å². The molecule has 0 aromatic heterocycles. The molecule has 4 nitrogen and oxygen atoms in total. The first-order valence-corrected chi connectivity index (χ1v) is 8.47. The van der Waals surface area contributed by atoms with Crippen LogP contribution < -0.4 is 0 Å². The van der Waals surface area contributed by atoms with E-state index in [1.54, 1.807) is 0 Å². The fourth-order valence-corrected chi connectivity index (χ4v) is 5.80. The molecule has 4 rings (SSSR count). The number of ketones is 2. The van der Waals surface area contributed by atoms with E-state index < -0.39 is 17.3 Å². The quantitative estimate of drug-likeness (QED) is 0.423. The second-order valence-corrected chi connectivity index (χ2v) is 7.64. The molecule has 0 aromatic rings. The first kappa shape index (κ1) is 14.9. The molecule has 122 valence electrons. The summed E-state index contributed by atoms with van der Waals surface area (Å²) in [6.45, 7) is 3.79. The van der Waals surface area contributed by atoms with Gasteiger partial charge in [-0.1, -0.05) is 38.2 Å². The van der Waals surface area contributed by atoms with Crippen LogP contribution in [-0.4, -0.2) is 24.6 Å². The highest BCUT2D eigenvalue weighted by Crippen LogP contribution is 2.61. The SMILES string of the molecule is COC(=O)C12C(=O)C3C4C=CC(C4)C3C(=O)C1C(C)C=CC2C. The standard InChI is InChI=1S/C19H22O4/c1-9-4-5-10(2)19(18(22)23-3)15(9)16(20)13-11-6-7-12(8-11)14(13)17(19)21/h4-7,9-15H,8H2,1-3H3. The summed E-state index contributed by atoms with van der Waals surface area (Å²) in [5.74, 6) is -1.80. The molecule has 0 aromatic carbocycles. The number of rotatable bonds is 1. The van der Waals surface area contributed by atoms with Gasteiger partial charge in [0.05, 0.1) is 7.11 Å². The smallest absolute Gasteiger partial charge is 0.320 e. The second-order valence-electron chi connectivity index (χ2n) is 7.64. The van der Waals surface area contributed by atoms with Crippen LogP contribution in [0.3, 0.4) is 0 Å². The molecular weight excluding hydrogens is 292 g/mol. The number of carbonyl (C=O) groups is 3. The van der Waals surface area contributed by atoms with Crippen LogP contribution in [0.1, 0.15) is 20.3 Å². The first-order chi connectivity index (χ1) is 10.9. The number of methoxy groups -OCH3 is 1. The van der Waals surface area contributed by atoms with E-state index in [0.717, 1.165) is 6.42 Å². The van der Waals surface area contributed by atoms with Crippen LogP contribution in [-0.2, 0) is 19.1 Å². The Bertz CT molecular complexity index is 660. The molecule has 2 saturated carbocycles. The highest BCUT2D eigenvalue weighted by atomic mass is 16.5. The highest BCUT2D eigenvalue weighted by Gasteiger charge is 2.70. The molecule has 0 heterocycles. The lowest BCUT2D eigenvalue weighted by Gasteiger charge is -2.51. The van der Waals surface area contributed by atoms with E-state index in [2.05, 4.69) is 12.2 Å². The minimum absolute atomic E-state index is 0.0560. The van der Waals surface area contributed by atoms with Gasteiger partial charge in [0.1, 0.15) is 11.2 Å². The fourth-order valence-electron chi connectivity index (χ4n) is 5.80. The first-order valence-electron chi connectivity index (χ1n) is 8.47. The molecule has 0 aliphatic heterocycles. The normalized spacial score (nSPS) is 50.0. The van der Waals surface area contributed by atoms with E-state index in [9.17, 15) is 14.4 Å². The maximum absolute atomic E-state index is 13.5. The van der Waals surface area contributed by atoms with Crippen LogP contribution in [0.5, 0.6) is 0 Å². The number of ether oxygens (including phenoxy) is 1. The van der Waals surface area contributed by atoms with Crippen molar-refractivity contribution in [3.05, 3.63) is 24.3 Å². The molecule has 4 heteroatoms. The molecule has 0 spiro atoms. The zero-order valence-electron chi connectivity index (χ0n) is 13.7. The van der Waals surface area contributed by atoms with Crippen LogP contribution in [0.25, 0.3) is 0 Å². The molecule has 23 heavy (non-hydrogen) atoms. The second kappa shape index (κ2) is 4.65. The molecule has 2 fully saturated rings. The van der Waals surface area contributed by atoms with Gasteiger partial charge in [0, 0.05) is 17.8 Å². The summed E-state index contributed by atoms with van der Waals surface area (Å²) in [6, 6.07) is 0. The fraction of sp³-hybridized carbons (Fsp3) is 0.632. The number of allylic oxidation sites excluding steroid dienone is 4. The van der Waals surface area contributed by atoms with Gasteiger partial charge in [-0.15, -0.1) is 0 Å². The van der Waals surface area contributed by atoms with Crippen molar-refractivity contribution in [3.8, 4) is 0 Å². The van der Waals surface area contributed by atoms with E-state index >= 15 is 0 Å². The Balaban J connectivity index is 1.93. The van der Waals surface area contributed by atoms with Gasteiger partial charge >= 0.3 is 5.97 Å². The van der Waals surface area contributed by atoms with Crippen LogP contribution in [0, 0.1) is 46.8 Å². The van der Waals surface area contributed by atoms with E-state index in [1.165, 1.54) is 7.11 Å². The van der Waals surface area contributed by atoms with E-state index in [4.69, 9.17) is 4.74 Å². The zero-order valence-corrected chi connectivity index (χ0v) is 13.7. The van der Waals surface area contributed by atoms with Gasteiger partial charge in [0.25, 0.3) is 0 Å². The molecule has 0 saturated heterocycles. The van der Waals surface area contributed by atoms with Crippen molar-refractivity contribution in [1.82, 2.24) is 0 Å². The number of esters is 1. The van der Waals surface area contributed by atoms with Gasteiger partial charge in [0.15, 0.2) is 5.78 Å². The molecule has 4 aliphatic rings. The largest absolute Gasteiger partial charge is 0.468 e. The van der Waals surface area contributed by atoms with Crippen LogP contribution in [0.4, 0.5) is 0 Å². The molecular formula is C19H22O4. The Kier molecular flexibility index (Phi) is 3.00. The lowest BCUT2D eigenvalue weighted by Crippen LogP contribution is -2.64. The Labute approximate surface area is 136 Å². The summed E-state index contributed by atoms with van der Waals surface area (Å²) in [6.07, 6.45) is 8.91. The third-order valence-electron chi connectivity index (χ3n) is 6.77. The van der Waals surface area contributed by atoms with Crippen molar-refractivity contribution in [1.29, 1.82) is 0 Å². The molecule has 8 unspecified atom stereocenters. The van der Waals surface area contributed by atoms with Gasteiger partial charge < -0.3 is 4.74 Å². The Morgan fingerprint density at radius 3 is 2.39 bits per heavy atom. The number of fused-ring (bicyclic) bond motifs is 6. The maximum atomic E-state index is 13.5. The van der Waals surface area contributed by atoms with Crippen molar-refractivity contribution in [2.24, 2.45) is 46.8 Å². The van der Waals surface area contributed by atoms with Crippen LogP contribution >= 0.6 is 0 Å². The summed E-state index contributed by atoms with van der Waals surface area (Å²) in [7, 11) is 1.31. The van der Waals surface area contributed by atoms with E-state index in [1.807, 2.05) is 26.0 Å². The molecule has 0 N–H and O–H groups in total. The Morgan fingerprint density at radius 1 is 1.09 bits per heavy atom. The van der Waals surface area contributed by atoms with Gasteiger partial charge in [-0.3, -0.25) is 14.4 Å². The summed E-state index contributed by atoms with van der Waals surface area (Å²) in [5.41, 5.74) is -1.33. The number of Topliss-reactive ketones (excluding diaryl/α,β-unsaturated/α-hetero) is 2. The van der Waals surface area contributed by atoms with Gasteiger partial charge in [0.2, 0.25) is 0 Å². The van der Waals surface area contributed by atoms with Crippen LogP contribution in [0.15, 0.2) is 24.3 Å². The average molecular weight is 314 g/mol. The Hall–Kier alpha value is -1.71. The number of carbonyl (C=O) groups excluding carboxylic acids is 3. The summed E-state index contributed by atoms with van der Waals surface area (Å²) >= 11 is 0. The Morgan fingerprint density at radius 2 is 1.74 bits per heavy atom. The third-order valence-corrected chi connectivity index (χ3v) is 6.77. The van der Waals surface area contributed by atoms with E-state index in [-0.39, 0.29) is 47.1 Å². The minimum Gasteiger partial charge on any atom is -0.468 e. The van der Waals surface area contributed by atoms with Crippen molar-refractivity contribution >= 4 is 17.5 Å². The highest BCUT2D eigenvalue weighted by molar-refractivity contribution is 6.14. The van der Waals surface area contributed by atoms with Gasteiger partial charge in [-0.25, -0.2) is 0 Å². The predicted molar refractivity (Wildman–Crippen MR) is 83.1 cm³/mol. The summed E-state index contributed by atoms with van der Waals surface area (Å²) in [4.78, 5) is 39.6. The number of hydrogen-bond donors (Lipinski definition) is 0. The van der Waals surface area contributed by atoms with Crippen molar-refractivity contribution in [2.45, 2.75) is 20.3 Å². The molecule has 4 aliphatic carbocycles. The monoisotopic (exact) mass is 314 g/mol. The average Bonchev–Trinajstić information content (AvgIpc) is 3.15. The van der Waals surface area contributed by atoms with Crippen molar-refractivity contribution < 1.29 is 19.1 Å². The summed E-state index contributed by atoms with van der Waals surface area (Å²) < 4.78 is 5.05. The minimum atomic E-state index is -1.33. The molecule has 0 radical (unpaired) electrons. The van der Waals surface area contributed by atoms with E-state index in [0.29, 0.717) is 0 Å². The predicted octanol–water partition coefficient (Wildman–Crippen LogP) is 2.19. The van der Waals surface area contributed by atoms with Crippen molar-refractivity contribution in [2.75, 3.05) is 7.11 Å². The molecule has 2 bridgehead atoms. The van der Waals surface area contributed by atoms with Crippen LogP contribution in [0.2, 0.25) is 0 Å². The maximum Gasteiger partial charge on any atom is 0.320 e. The lowest BCUT2D eigenvalue weighted by molar-refractivity contribution is -0.179. The topological polar surface area (TPSA) is 60.4 Å². The van der Waals surface area contributed by atoms with Gasteiger partial charge in [-0.05, 0) is 30.1 Å².